The molecule has 1 aromatic rings. The standard InChI is InChI=1S/C8H6ClF2N3O3S/c9-7-6(10)8(13-3-12-7)14-2-4(1-5(14)15)18(11,16)17/h3-4H,1-2H2. The molecule has 2 heterocycles. The lowest BCUT2D eigenvalue weighted by atomic mass is 10.4. The molecule has 1 unspecified atom stereocenters. The highest BCUT2D eigenvalue weighted by Gasteiger charge is 2.40. The number of nitrogens with zero attached hydrogens (tertiary/aromatic N) is 3. The third-order valence-corrected chi connectivity index (χ3v) is 3.85. The van der Waals surface area contributed by atoms with Crippen LogP contribution < -0.4 is 4.90 Å². The van der Waals surface area contributed by atoms with Gasteiger partial charge in [0.25, 0.3) is 0 Å². The molecular weight excluding hydrogens is 292 g/mol. The second-order valence-electron chi connectivity index (χ2n) is 3.61. The molecule has 1 amide bonds. The van der Waals surface area contributed by atoms with E-state index in [1.54, 1.807) is 0 Å². The first kappa shape index (κ1) is 13.1. The molecule has 1 aromatic heterocycles. The summed E-state index contributed by atoms with van der Waals surface area (Å²) in [6, 6.07) is 0. The van der Waals surface area contributed by atoms with Crippen LogP contribution in [0.5, 0.6) is 0 Å². The molecule has 0 aromatic carbocycles. The summed E-state index contributed by atoms with van der Waals surface area (Å²) in [4.78, 5) is 19.1. The molecule has 18 heavy (non-hydrogen) atoms. The molecule has 0 N–H and O–H groups in total. The molecule has 1 saturated heterocycles. The number of carbonyl (C=O) groups is 1. The summed E-state index contributed by atoms with van der Waals surface area (Å²) >= 11 is 5.41. The molecule has 98 valence electrons. The van der Waals surface area contributed by atoms with Gasteiger partial charge in [-0.1, -0.05) is 11.6 Å². The van der Waals surface area contributed by atoms with Crippen LogP contribution in [0, 0.1) is 5.82 Å². The van der Waals surface area contributed by atoms with Crippen LogP contribution in [0.1, 0.15) is 6.42 Å². The van der Waals surface area contributed by atoms with Crippen LogP contribution >= 0.6 is 11.6 Å². The Morgan fingerprint density at radius 3 is 2.67 bits per heavy atom. The van der Waals surface area contributed by atoms with Crippen molar-refractivity contribution in [3.63, 3.8) is 0 Å². The molecule has 1 aliphatic rings. The number of amides is 1. The van der Waals surface area contributed by atoms with E-state index in [4.69, 9.17) is 11.6 Å². The van der Waals surface area contributed by atoms with Crippen molar-refractivity contribution >= 4 is 33.5 Å². The van der Waals surface area contributed by atoms with Crippen LogP contribution in [0.4, 0.5) is 14.1 Å². The summed E-state index contributed by atoms with van der Waals surface area (Å²) in [7, 11) is -4.86. The first-order valence-electron chi connectivity index (χ1n) is 4.70. The van der Waals surface area contributed by atoms with Crippen LogP contribution in [0.15, 0.2) is 6.33 Å². The fraction of sp³-hybridized carbons (Fsp3) is 0.375. The molecule has 0 aliphatic carbocycles. The van der Waals surface area contributed by atoms with Gasteiger partial charge >= 0.3 is 10.2 Å². The lowest BCUT2D eigenvalue weighted by Gasteiger charge is -2.15. The van der Waals surface area contributed by atoms with Crippen molar-refractivity contribution in [2.45, 2.75) is 11.7 Å². The van der Waals surface area contributed by atoms with Gasteiger partial charge in [0.1, 0.15) is 11.6 Å². The van der Waals surface area contributed by atoms with E-state index in [0.29, 0.717) is 0 Å². The number of aromatic nitrogens is 2. The highest BCUT2D eigenvalue weighted by Crippen LogP contribution is 2.28. The monoisotopic (exact) mass is 297 g/mol. The van der Waals surface area contributed by atoms with Gasteiger partial charge in [-0.3, -0.25) is 9.69 Å². The van der Waals surface area contributed by atoms with Crippen molar-refractivity contribution in [3.8, 4) is 0 Å². The largest absolute Gasteiger partial charge is 0.307 e. The Labute approximate surface area is 106 Å². The van der Waals surface area contributed by atoms with E-state index in [2.05, 4.69) is 9.97 Å². The number of hydrogen-bond acceptors (Lipinski definition) is 5. The molecule has 2 rings (SSSR count). The second kappa shape index (κ2) is 4.39. The van der Waals surface area contributed by atoms with Crippen molar-refractivity contribution < 1.29 is 21.5 Å². The third kappa shape index (κ3) is 2.27. The minimum Gasteiger partial charge on any atom is -0.293 e. The molecule has 0 bridgehead atoms. The Hall–Kier alpha value is -1.35. The van der Waals surface area contributed by atoms with E-state index < -0.39 is 51.1 Å². The van der Waals surface area contributed by atoms with Crippen LogP contribution in [0.25, 0.3) is 0 Å². The van der Waals surface area contributed by atoms with E-state index >= 15 is 0 Å². The maximum absolute atomic E-state index is 13.6. The number of anilines is 1. The number of rotatable bonds is 2. The molecule has 1 aliphatic heterocycles. The molecular formula is C8H6ClF2N3O3S. The van der Waals surface area contributed by atoms with Crippen LogP contribution in [-0.4, -0.2) is 36.1 Å². The minimum absolute atomic E-state index is 0.453. The average molecular weight is 298 g/mol. The van der Waals surface area contributed by atoms with Gasteiger partial charge in [0.05, 0.1) is 0 Å². The zero-order valence-electron chi connectivity index (χ0n) is 8.68. The van der Waals surface area contributed by atoms with Gasteiger partial charge in [0.2, 0.25) is 11.7 Å². The second-order valence-corrected chi connectivity index (χ2v) is 5.58. The third-order valence-electron chi connectivity index (χ3n) is 2.47. The topological polar surface area (TPSA) is 80.2 Å². The molecule has 0 saturated carbocycles. The molecule has 0 radical (unpaired) electrons. The van der Waals surface area contributed by atoms with Gasteiger partial charge in [0.15, 0.2) is 11.0 Å². The lowest BCUT2D eigenvalue weighted by molar-refractivity contribution is -0.117. The van der Waals surface area contributed by atoms with E-state index in [9.17, 15) is 21.5 Å². The van der Waals surface area contributed by atoms with Crippen molar-refractivity contribution in [2.24, 2.45) is 0 Å². The van der Waals surface area contributed by atoms with Crippen LogP contribution in [0.2, 0.25) is 5.15 Å². The number of hydrogen-bond donors (Lipinski definition) is 0. The SMILES string of the molecule is O=C1CC(S(=O)(=O)F)CN1c1ncnc(Cl)c1F. The fourth-order valence-electron chi connectivity index (χ4n) is 1.60. The van der Waals surface area contributed by atoms with E-state index in [1.807, 2.05) is 0 Å². The first-order chi connectivity index (χ1) is 8.30. The predicted molar refractivity (Wildman–Crippen MR) is 57.8 cm³/mol. The molecule has 6 nitrogen and oxygen atoms in total. The molecule has 0 spiro atoms. The smallest absolute Gasteiger partial charge is 0.293 e. The molecule has 1 atom stereocenters. The average Bonchev–Trinajstić information content (AvgIpc) is 2.64. The Bertz CT molecular complexity index is 610. The van der Waals surface area contributed by atoms with E-state index in [-0.39, 0.29) is 0 Å². The summed E-state index contributed by atoms with van der Waals surface area (Å²) < 4.78 is 47.8. The van der Waals surface area contributed by atoms with Gasteiger partial charge in [-0.05, 0) is 0 Å². The highest BCUT2D eigenvalue weighted by molar-refractivity contribution is 7.87. The van der Waals surface area contributed by atoms with Gasteiger partial charge in [-0.25, -0.2) is 9.97 Å². The van der Waals surface area contributed by atoms with Gasteiger partial charge < -0.3 is 0 Å². The highest BCUT2D eigenvalue weighted by atomic mass is 35.5. The van der Waals surface area contributed by atoms with Crippen LogP contribution in [-0.2, 0) is 15.0 Å². The van der Waals surface area contributed by atoms with Crippen molar-refractivity contribution in [3.05, 3.63) is 17.3 Å². The summed E-state index contributed by atoms with van der Waals surface area (Å²) in [6.45, 7) is -0.498. The summed E-state index contributed by atoms with van der Waals surface area (Å²) in [5.74, 6) is -2.24. The Morgan fingerprint density at radius 1 is 1.44 bits per heavy atom. The summed E-state index contributed by atoms with van der Waals surface area (Å²) in [5.41, 5.74) is 0. The Morgan fingerprint density at radius 2 is 2.11 bits per heavy atom. The summed E-state index contributed by atoms with van der Waals surface area (Å²) in [6.07, 6.45) is 0.366. The zero-order valence-corrected chi connectivity index (χ0v) is 10.2. The van der Waals surface area contributed by atoms with Crippen molar-refractivity contribution in [1.82, 2.24) is 9.97 Å². The van der Waals surface area contributed by atoms with Gasteiger partial charge in [-0.2, -0.15) is 12.8 Å². The minimum atomic E-state index is -4.86. The van der Waals surface area contributed by atoms with Crippen LogP contribution in [0.3, 0.4) is 0 Å². The number of halogens is 3. The maximum Gasteiger partial charge on any atom is 0.307 e. The quantitative estimate of drug-likeness (QED) is 0.592. The Balaban J connectivity index is 2.36. The lowest BCUT2D eigenvalue weighted by Crippen LogP contribution is -2.28. The van der Waals surface area contributed by atoms with Crippen molar-refractivity contribution in [1.29, 1.82) is 0 Å². The Kier molecular flexibility index (Phi) is 3.20. The van der Waals surface area contributed by atoms with E-state index in [1.165, 1.54) is 0 Å². The van der Waals surface area contributed by atoms with Crippen molar-refractivity contribution in [2.75, 3.05) is 11.4 Å². The van der Waals surface area contributed by atoms with Gasteiger partial charge in [0, 0.05) is 13.0 Å². The maximum atomic E-state index is 13.6. The summed E-state index contributed by atoms with van der Waals surface area (Å²) in [5, 5.41) is -2.02. The zero-order chi connectivity index (χ0) is 13.5. The first-order valence-corrected chi connectivity index (χ1v) is 6.53. The van der Waals surface area contributed by atoms with Gasteiger partial charge in [-0.15, -0.1) is 3.89 Å². The number of carbonyl (C=O) groups excluding carboxylic acids is 1. The normalized spacial score (nSPS) is 20.5. The molecule has 10 heteroatoms. The fourth-order valence-corrected chi connectivity index (χ4v) is 2.39. The van der Waals surface area contributed by atoms with E-state index in [0.717, 1.165) is 11.2 Å². The predicted octanol–water partition coefficient (Wildman–Crippen LogP) is 0.674. The molecule has 1 fully saturated rings.